The second kappa shape index (κ2) is 3.43. The Morgan fingerprint density at radius 1 is 1.21 bits per heavy atom. The van der Waals surface area contributed by atoms with Crippen LogP contribution in [0.2, 0.25) is 0 Å². The fraction of sp³-hybridized carbons (Fsp3) is 0.500. The number of hydrogen-bond acceptors (Lipinski definition) is 3. The van der Waals surface area contributed by atoms with E-state index in [0.29, 0.717) is 11.3 Å². The minimum atomic E-state index is -4.30. The molecule has 1 aromatic rings. The van der Waals surface area contributed by atoms with E-state index in [4.69, 9.17) is 5.73 Å². The van der Waals surface area contributed by atoms with Crippen molar-refractivity contribution in [2.24, 2.45) is 0 Å². The number of aryl methyl sites for hydroxylation is 1. The molecule has 14 heavy (non-hydrogen) atoms. The van der Waals surface area contributed by atoms with E-state index in [1.807, 2.05) is 0 Å². The number of nitrogens with two attached hydrogens (primary N) is 1. The van der Waals surface area contributed by atoms with Gasteiger partial charge in [0.25, 0.3) is 0 Å². The van der Waals surface area contributed by atoms with E-state index in [-0.39, 0.29) is 11.6 Å². The van der Waals surface area contributed by atoms with Gasteiger partial charge < -0.3 is 5.73 Å². The molecule has 0 aliphatic heterocycles. The highest BCUT2D eigenvalue weighted by atomic mass is 19.4. The van der Waals surface area contributed by atoms with Crippen LogP contribution in [0.4, 0.5) is 19.0 Å². The standard InChI is InChI=1S/C8H10F3N3/c1-4-5(2)13-6(14-7(4)12)3-8(9,10)11/h3H2,1-2H3,(H2,12,13,14). The summed E-state index contributed by atoms with van der Waals surface area (Å²) in [6.45, 7) is 3.27. The number of halogens is 3. The maximum Gasteiger partial charge on any atom is 0.396 e. The number of anilines is 1. The van der Waals surface area contributed by atoms with Crippen LogP contribution in [-0.2, 0) is 6.42 Å². The molecule has 0 aliphatic rings. The SMILES string of the molecule is Cc1nc(CC(F)(F)F)nc(N)c1C. The number of hydrogen-bond donors (Lipinski definition) is 1. The summed E-state index contributed by atoms with van der Waals surface area (Å²) in [6.07, 6.45) is -5.44. The predicted octanol–water partition coefficient (Wildman–Crippen LogP) is 1.78. The van der Waals surface area contributed by atoms with Gasteiger partial charge in [0, 0.05) is 11.3 Å². The van der Waals surface area contributed by atoms with E-state index in [0.717, 1.165) is 0 Å². The summed E-state index contributed by atoms with van der Waals surface area (Å²) in [5.74, 6) is -0.171. The van der Waals surface area contributed by atoms with Crippen molar-refractivity contribution in [2.45, 2.75) is 26.4 Å². The lowest BCUT2D eigenvalue weighted by atomic mass is 10.2. The lowest BCUT2D eigenvalue weighted by Crippen LogP contribution is -2.16. The molecule has 0 aliphatic carbocycles. The molecule has 0 amide bonds. The number of aromatic nitrogens is 2. The monoisotopic (exact) mass is 205 g/mol. The highest BCUT2D eigenvalue weighted by molar-refractivity contribution is 5.40. The van der Waals surface area contributed by atoms with Gasteiger partial charge in [-0.25, -0.2) is 9.97 Å². The van der Waals surface area contributed by atoms with Gasteiger partial charge in [-0.05, 0) is 13.8 Å². The summed E-state index contributed by atoms with van der Waals surface area (Å²) in [4.78, 5) is 7.27. The quantitative estimate of drug-likeness (QED) is 0.760. The third-order valence-corrected chi connectivity index (χ3v) is 1.83. The molecule has 0 saturated heterocycles. The molecule has 3 nitrogen and oxygen atoms in total. The zero-order chi connectivity index (χ0) is 10.9. The van der Waals surface area contributed by atoms with Crippen LogP contribution in [0.5, 0.6) is 0 Å². The van der Waals surface area contributed by atoms with Gasteiger partial charge in [-0.3, -0.25) is 0 Å². The van der Waals surface area contributed by atoms with E-state index in [9.17, 15) is 13.2 Å². The molecule has 0 unspecified atom stereocenters. The van der Waals surface area contributed by atoms with Gasteiger partial charge >= 0.3 is 6.18 Å². The van der Waals surface area contributed by atoms with Crippen LogP contribution in [0.15, 0.2) is 0 Å². The molecule has 1 aromatic heterocycles. The summed E-state index contributed by atoms with van der Waals surface area (Å²) in [5.41, 5.74) is 6.53. The highest BCUT2D eigenvalue weighted by Gasteiger charge is 2.29. The zero-order valence-electron chi connectivity index (χ0n) is 7.81. The number of nitrogens with zero attached hydrogens (tertiary/aromatic N) is 2. The Morgan fingerprint density at radius 3 is 2.21 bits per heavy atom. The first kappa shape index (κ1) is 10.7. The lowest BCUT2D eigenvalue weighted by Gasteiger charge is -2.08. The van der Waals surface area contributed by atoms with Crippen molar-refractivity contribution in [1.82, 2.24) is 9.97 Å². The Bertz CT molecular complexity index is 323. The maximum atomic E-state index is 12.0. The fourth-order valence-corrected chi connectivity index (χ4v) is 0.969. The summed E-state index contributed by atoms with van der Waals surface area (Å²) in [5, 5.41) is 0. The largest absolute Gasteiger partial charge is 0.396 e. The Hall–Kier alpha value is -1.33. The van der Waals surface area contributed by atoms with Gasteiger partial charge in [0.1, 0.15) is 18.1 Å². The van der Waals surface area contributed by atoms with Crippen molar-refractivity contribution in [1.29, 1.82) is 0 Å². The summed E-state index contributed by atoms with van der Waals surface area (Å²) in [6, 6.07) is 0. The second-order valence-electron chi connectivity index (χ2n) is 3.03. The van der Waals surface area contributed by atoms with Gasteiger partial charge in [-0.2, -0.15) is 13.2 Å². The van der Waals surface area contributed by atoms with Crippen LogP contribution in [0.1, 0.15) is 17.1 Å². The summed E-state index contributed by atoms with van der Waals surface area (Å²) >= 11 is 0. The van der Waals surface area contributed by atoms with Crippen molar-refractivity contribution < 1.29 is 13.2 Å². The van der Waals surface area contributed by atoms with Crippen molar-refractivity contribution >= 4 is 5.82 Å². The van der Waals surface area contributed by atoms with Crippen molar-refractivity contribution in [3.05, 3.63) is 17.1 Å². The molecule has 6 heteroatoms. The molecule has 2 N–H and O–H groups in total. The van der Waals surface area contributed by atoms with Crippen LogP contribution < -0.4 is 5.73 Å². The third kappa shape index (κ3) is 2.58. The van der Waals surface area contributed by atoms with Crippen molar-refractivity contribution in [2.75, 3.05) is 5.73 Å². The molecule has 1 rings (SSSR count). The summed E-state index contributed by atoms with van der Waals surface area (Å²) in [7, 11) is 0. The molecule has 0 bridgehead atoms. The number of alkyl halides is 3. The van der Waals surface area contributed by atoms with Crippen LogP contribution in [0.3, 0.4) is 0 Å². The molecular weight excluding hydrogens is 195 g/mol. The van der Waals surface area contributed by atoms with Crippen molar-refractivity contribution in [3.8, 4) is 0 Å². The Kier molecular flexibility index (Phi) is 2.64. The summed E-state index contributed by atoms with van der Waals surface area (Å²) < 4.78 is 36.0. The normalized spacial score (nSPS) is 11.8. The molecule has 0 spiro atoms. The van der Waals surface area contributed by atoms with E-state index in [1.165, 1.54) is 0 Å². The van der Waals surface area contributed by atoms with Gasteiger partial charge in [0.2, 0.25) is 0 Å². The average molecular weight is 205 g/mol. The van der Waals surface area contributed by atoms with E-state index < -0.39 is 12.6 Å². The first-order valence-corrected chi connectivity index (χ1v) is 3.96. The Labute approximate surface area is 79.2 Å². The van der Waals surface area contributed by atoms with Crippen LogP contribution >= 0.6 is 0 Å². The van der Waals surface area contributed by atoms with Crippen LogP contribution in [0, 0.1) is 13.8 Å². The molecule has 0 radical (unpaired) electrons. The Morgan fingerprint density at radius 2 is 1.79 bits per heavy atom. The lowest BCUT2D eigenvalue weighted by molar-refractivity contribution is -0.128. The van der Waals surface area contributed by atoms with Gasteiger partial charge in [-0.15, -0.1) is 0 Å². The molecule has 0 aromatic carbocycles. The van der Waals surface area contributed by atoms with Crippen molar-refractivity contribution in [3.63, 3.8) is 0 Å². The van der Waals surface area contributed by atoms with E-state index in [2.05, 4.69) is 9.97 Å². The molecule has 1 heterocycles. The number of nitrogen functional groups attached to an aromatic ring is 1. The first-order valence-electron chi connectivity index (χ1n) is 3.96. The van der Waals surface area contributed by atoms with E-state index in [1.54, 1.807) is 13.8 Å². The molecule has 78 valence electrons. The Balaban J connectivity index is 3.02. The maximum absolute atomic E-state index is 12.0. The van der Waals surface area contributed by atoms with Gasteiger partial charge in [-0.1, -0.05) is 0 Å². The van der Waals surface area contributed by atoms with Crippen LogP contribution in [0.25, 0.3) is 0 Å². The predicted molar refractivity (Wildman–Crippen MR) is 45.7 cm³/mol. The number of rotatable bonds is 1. The smallest absolute Gasteiger partial charge is 0.383 e. The van der Waals surface area contributed by atoms with Gasteiger partial charge in [0.05, 0.1) is 0 Å². The third-order valence-electron chi connectivity index (χ3n) is 1.83. The second-order valence-corrected chi connectivity index (χ2v) is 3.03. The molecular formula is C8H10F3N3. The van der Waals surface area contributed by atoms with E-state index >= 15 is 0 Å². The molecule has 0 fully saturated rings. The molecule has 0 saturated carbocycles. The minimum absolute atomic E-state index is 0.108. The fourth-order valence-electron chi connectivity index (χ4n) is 0.969. The zero-order valence-corrected chi connectivity index (χ0v) is 7.81. The first-order chi connectivity index (χ1) is 6.29. The van der Waals surface area contributed by atoms with Crippen LogP contribution in [-0.4, -0.2) is 16.1 Å². The minimum Gasteiger partial charge on any atom is -0.383 e. The van der Waals surface area contributed by atoms with Gasteiger partial charge in [0.15, 0.2) is 0 Å². The molecule has 0 atom stereocenters. The average Bonchev–Trinajstić information content (AvgIpc) is 1.96. The topological polar surface area (TPSA) is 51.8 Å². The highest BCUT2D eigenvalue weighted by Crippen LogP contribution is 2.21.